The van der Waals surface area contributed by atoms with Crippen molar-refractivity contribution in [2.75, 3.05) is 26.2 Å². The van der Waals surface area contributed by atoms with Gasteiger partial charge in [0.05, 0.1) is 16.9 Å². The molecule has 2 amide bonds. The van der Waals surface area contributed by atoms with Crippen LogP contribution in [0.3, 0.4) is 0 Å². The Bertz CT molecular complexity index is 702. The third kappa shape index (κ3) is 3.03. The molecule has 1 fully saturated rings. The van der Waals surface area contributed by atoms with Crippen molar-refractivity contribution < 1.29 is 14.0 Å². The number of aromatic nitrogens is 2. The fourth-order valence-corrected chi connectivity index (χ4v) is 3.10. The zero-order valence-electron chi connectivity index (χ0n) is 12.7. The summed E-state index contributed by atoms with van der Waals surface area (Å²) in [4.78, 5) is 28.4. The van der Waals surface area contributed by atoms with E-state index in [1.54, 1.807) is 32.8 Å². The maximum Gasteiger partial charge on any atom is 0.289 e. The molecule has 7 nitrogen and oxygen atoms in total. The highest BCUT2D eigenvalue weighted by molar-refractivity contribution is 9.10. The predicted molar refractivity (Wildman–Crippen MR) is 86.1 cm³/mol. The number of carbonyl (C=O) groups is 2. The summed E-state index contributed by atoms with van der Waals surface area (Å²) in [7, 11) is 0. The van der Waals surface area contributed by atoms with Crippen LogP contribution in [0.1, 0.15) is 28.0 Å². The molecule has 0 N–H and O–H groups in total. The second-order valence-electron chi connectivity index (χ2n) is 5.22. The van der Waals surface area contributed by atoms with E-state index in [-0.39, 0.29) is 11.8 Å². The molecular formula is C15H17BrN4O3. The maximum absolute atomic E-state index is 12.7. The van der Waals surface area contributed by atoms with Crippen LogP contribution in [0.5, 0.6) is 0 Å². The molecule has 0 aliphatic carbocycles. The number of halogens is 1. The summed E-state index contributed by atoms with van der Waals surface area (Å²) in [6.45, 7) is 4.53. The number of piperazine rings is 1. The molecule has 1 aliphatic heterocycles. The highest BCUT2D eigenvalue weighted by atomic mass is 79.9. The molecule has 2 aromatic rings. The van der Waals surface area contributed by atoms with Gasteiger partial charge in [0.1, 0.15) is 5.69 Å². The highest BCUT2D eigenvalue weighted by Crippen LogP contribution is 2.19. The number of furan rings is 1. The molecule has 0 bridgehead atoms. The van der Waals surface area contributed by atoms with E-state index in [0.29, 0.717) is 48.7 Å². The Kier molecular flexibility index (Phi) is 4.51. The van der Waals surface area contributed by atoms with Crippen molar-refractivity contribution in [3.63, 3.8) is 0 Å². The summed E-state index contributed by atoms with van der Waals surface area (Å²) in [5, 5.41) is 4.17. The topological polar surface area (TPSA) is 71.6 Å². The van der Waals surface area contributed by atoms with Crippen molar-refractivity contribution in [3.8, 4) is 0 Å². The lowest BCUT2D eigenvalue weighted by atomic mass is 10.2. The number of carbonyl (C=O) groups excluding carboxylic acids is 2. The van der Waals surface area contributed by atoms with Crippen LogP contribution in [0.4, 0.5) is 0 Å². The zero-order chi connectivity index (χ0) is 16.4. The molecule has 1 aliphatic rings. The van der Waals surface area contributed by atoms with Crippen molar-refractivity contribution in [2.24, 2.45) is 0 Å². The average Bonchev–Trinajstić information content (AvgIpc) is 3.23. The van der Waals surface area contributed by atoms with E-state index in [1.165, 1.54) is 6.26 Å². The Balaban J connectivity index is 1.66. The number of hydrogen-bond donors (Lipinski definition) is 0. The van der Waals surface area contributed by atoms with Gasteiger partial charge in [0.15, 0.2) is 5.76 Å². The second kappa shape index (κ2) is 6.57. The molecular weight excluding hydrogens is 364 g/mol. The molecule has 1 saturated heterocycles. The summed E-state index contributed by atoms with van der Waals surface area (Å²) < 4.78 is 7.50. The molecule has 3 rings (SSSR count). The standard InChI is InChI=1S/C15H17BrN4O3/c1-2-20-13(11(16)10-17-20)15(22)19-7-5-18(6-8-19)14(21)12-4-3-9-23-12/h3-4,9-10H,2,5-8H2,1H3. The van der Waals surface area contributed by atoms with E-state index in [9.17, 15) is 9.59 Å². The van der Waals surface area contributed by atoms with Crippen molar-refractivity contribution in [3.05, 3.63) is 40.5 Å². The minimum Gasteiger partial charge on any atom is -0.459 e. The van der Waals surface area contributed by atoms with Crippen molar-refractivity contribution >= 4 is 27.7 Å². The fraction of sp³-hybridized carbons (Fsp3) is 0.400. The molecule has 2 aromatic heterocycles. The molecule has 23 heavy (non-hydrogen) atoms. The first-order valence-corrected chi connectivity index (χ1v) is 8.24. The first kappa shape index (κ1) is 15.8. The van der Waals surface area contributed by atoms with Crippen LogP contribution in [-0.2, 0) is 6.54 Å². The summed E-state index contributed by atoms with van der Waals surface area (Å²) >= 11 is 3.38. The second-order valence-corrected chi connectivity index (χ2v) is 6.07. The summed E-state index contributed by atoms with van der Waals surface area (Å²) in [5.41, 5.74) is 0.554. The minimum absolute atomic E-state index is 0.0682. The van der Waals surface area contributed by atoms with Gasteiger partial charge in [0.25, 0.3) is 11.8 Å². The van der Waals surface area contributed by atoms with Gasteiger partial charge in [-0.1, -0.05) is 0 Å². The predicted octanol–water partition coefficient (Wildman–Crippen LogP) is 1.86. The Morgan fingerprint density at radius 2 is 1.87 bits per heavy atom. The van der Waals surface area contributed by atoms with E-state index in [2.05, 4.69) is 21.0 Å². The molecule has 0 aromatic carbocycles. The van der Waals surface area contributed by atoms with Crippen LogP contribution < -0.4 is 0 Å². The zero-order valence-corrected chi connectivity index (χ0v) is 14.3. The van der Waals surface area contributed by atoms with Gasteiger partial charge in [-0.3, -0.25) is 14.3 Å². The Morgan fingerprint density at radius 1 is 1.22 bits per heavy atom. The molecule has 3 heterocycles. The van der Waals surface area contributed by atoms with E-state index in [4.69, 9.17) is 4.42 Å². The smallest absolute Gasteiger partial charge is 0.289 e. The molecule has 8 heteroatoms. The number of hydrogen-bond acceptors (Lipinski definition) is 4. The third-order valence-corrected chi connectivity index (χ3v) is 4.46. The van der Waals surface area contributed by atoms with Crippen LogP contribution in [0.2, 0.25) is 0 Å². The van der Waals surface area contributed by atoms with Gasteiger partial charge in [-0.25, -0.2) is 0 Å². The number of nitrogens with zero attached hydrogens (tertiary/aromatic N) is 4. The van der Waals surface area contributed by atoms with E-state index >= 15 is 0 Å². The van der Waals surface area contributed by atoms with Crippen LogP contribution in [0, 0.1) is 0 Å². The number of rotatable bonds is 3. The van der Waals surface area contributed by atoms with Gasteiger partial charge in [0.2, 0.25) is 0 Å². The highest BCUT2D eigenvalue weighted by Gasteiger charge is 2.29. The van der Waals surface area contributed by atoms with Gasteiger partial charge in [-0.15, -0.1) is 0 Å². The number of aryl methyl sites for hydroxylation is 1. The average molecular weight is 381 g/mol. The lowest BCUT2D eigenvalue weighted by Gasteiger charge is -2.34. The molecule has 0 radical (unpaired) electrons. The fourth-order valence-electron chi connectivity index (χ4n) is 2.63. The normalized spacial score (nSPS) is 15.0. The first-order chi connectivity index (χ1) is 11.1. The van der Waals surface area contributed by atoms with Crippen molar-refractivity contribution in [1.82, 2.24) is 19.6 Å². The van der Waals surface area contributed by atoms with Crippen LogP contribution in [0.15, 0.2) is 33.5 Å². The van der Waals surface area contributed by atoms with E-state index in [0.717, 1.165) is 0 Å². The largest absolute Gasteiger partial charge is 0.459 e. The Hall–Kier alpha value is -2.09. The van der Waals surface area contributed by atoms with E-state index < -0.39 is 0 Å². The quantitative estimate of drug-likeness (QED) is 0.814. The van der Waals surface area contributed by atoms with Gasteiger partial charge < -0.3 is 14.2 Å². The molecule has 122 valence electrons. The third-order valence-electron chi connectivity index (χ3n) is 3.88. The summed E-state index contributed by atoms with van der Waals surface area (Å²) in [6.07, 6.45) is 3.11. The monoisotopic (exact) mass is 380 g/mol. The van der Waals surface area contributed by atoms with E-state index in [1.807, 2.05) is 6.92 Å². The lowest BCUT2D eigenvalue weighted by molar-refractivity contribution is 0.0511. The molecule has 0 atom stereocenters. The van der Waals surface area contributed by atoms with Crippen LogP contribution >= 0.6 is 15.9 Å². The summed E-state index contributed by atoms with van der Waals surface area (Å²) in [6, 6.07) is 3.34. The summed E-state index contributed by atoms with van der Waals surface area (Å²) in [5.74, 6) is 0.125. The molecule has 0 saturated carbocycles. The minimum atomic E-state index is -0.137. The lowest BCUT2D eigenvalue weighted by Crippen LogP contribution is -2.50. The Labute approximate surface area is 142 Å². The van der Waals surface area contributed by atoms with Gasteiger partial charge in [-0.05, 0) is 35.0 Å². The van der Waals surface area contributed by atoms with Gasteiger partial charge >= 0.3 is 0 Å². The van der Waals surface area contributed by atoms with Crippen LogP contribution in [-0.4, -0.2) is 57.6 Å². The SMILES string of the molecule is CCn1ncc(Br)c1C(=O)N1CCN(C(=O)c2ccco2)CC1. The van der Waals surface area contributed by atoms with Gasteiger partial charge in [-0.2, -0.15) is 5.10 Å². The first-order valence-electron chi connectivity index (χ1n) is 7.45. The van der Waals surface area contributed by atoms with Gasteiger partial charge in [0, 0.05) is 32.7 Å². The number of amides is 2. The maximum atomic E-state index is 12.7. The molecule has 0 unspecified atom stereocenters. The molecule has 0 spiro atoms. The van der Waals surface area contributed by atoms with Crippen molar-refractivity contribution in [2.45, 2.75) is 13.5 Å². The Morgan fingerprint density at radius 3 is 2.43 bits per heavy atom. The van der Waals surface area contributed by atoms with Crippen LogP contribution in [0.25, 0.3) is 0 Å². The van der Waals surface area contributed by atoms with Crippen molar-refractivity contribution in [1.29, 1.82) is 0 Å².